The Labute approximate surface area is 149 Å². The van der Waals surface area contributed by atoms with E-state index < -0.39 is 10.0 Å². The van der Waals surface area contributed by atoms with Crippen molar-refractivity contribution >= 4 is 15.9 Å². The first-order valence-electron chi connectivity index (χ1n) is 8.78. The van der Waals surface area contributed by atoms with Crippen LogP contribution in [0.3, 0.4) is 0 Å². The predicted octanol–water partition coefficient (Wildman–Crippen LogP) is 1.55. The molecule has 6 nitrogen and oxygen atoms in total. The number of nitrogens with one attached hydrogen (secondary N) is 1. The first-order valence-corrected chi connectivity index (χ1v) is 10.2. The van der Waals surface area contributed by atoms with Gasteiger partial charge >= 0.3 is 0 Å². The number of hydrogen-bond acceptors (Lipinski definition) is 4. The van der Waals surface area contributed by atoms with Crippen molar-refractivity contribution in [3.05, 3.63) is 29.8 Å². The molecule has 0 spiro atoms. The SMILES string of the molecule is Cc1ccccc1S(=O)(=O)N1C[C@@H]2C[C@@H](C(=O)NCC(C)C)[C@H](C1)O2. The Balaban J connectivity index is 1.74. The van der Waals surface area contributed by atoms with Crippen LogP contribution >= 0.6 is 0 Å². The molecule has 1 amide bonds. The Kier molecular flexibility index (Phi) is 5.18. The van der Waals surface area contributed by atoms with Crippen molar-refractivity contribution in [1.82, 2.24) is 9.62 Å². The fraction of sp³-hybridized carbons (Fsp3) is 0.611. The third-order valence-electron chi connectivity index (χ3n) is 4.86. The van der Waals surface area contributed by atoms with Gasteiger partial charge in [0.05, 0.1) is 23.0 Å². The van der Waals surface area contributed by atoms with Gasteiger partial charge in [-0.1, -0.05) is 32.0 Å². The molecule has 2 saturated heterocycles. The van der Waals surface area contributed by atoms with Crippen LogP contribution in [0.5, 0.6) is 0 Å². The summed E-state index contributed by atoms with van der Waals surface area (Å²) < 4.78 is 33.3. The van der Waals surface area contributed by atoms with Gasteiger partial charge in [-0.15, -0.1) is 0 Å². The lowest BCUT2D eigenvalue weighted by atomic mass is 9.99. The summed E-state index contributed by atoms with van der Waals surface area (Å²) in [7, 11) is -3.57. The van der Waals surface area contributed by atoms with E-state index in [1.165, 1.54) is 4.31 Å². The van der Waals surface area contributed by atoms with Gasteiger partial charge in [-0.2, -0.15) is 4.31 Å². The average molecular weight is 366 g/mol. The Hall–Kier alpha value is -1.44. The number of benzene rings is 1. The number of sulfonamides is 1. The van der Waals surface area contributed by atoms with E-state index >= 15 is 0 Å². The molecule has 2 heterocycles. The number of hydrogen-bond donors (Lipinski definition) is 1. The normalized spacial score (nSPS) is 26.8. The molecular weight excluding hydrogens is 340 g/mol. The number of carbonyl (C=O) groups is 1. The number of aryl methyl sites for hydroxylation is 1. The molecule has 2 aliphatic heterocycles. The second-order valence-electron chi connectivity index (χ2n) is 7.37. The number of morpholine rings is 1. The third kappa shape index (κ3) is 3.73. The van der Waals surface area contributed by atoms with Crippen LogP contribution in [0.4, 0.5) is 0 Å². The molecule has 1 N–H and O–H groups in total. The third-order valence-corrected chi connectivity index (χ3v) is 6.85. The summed E-state index contributed by atoms with van der Waals surface area (Å²) in [6, 6.07) is 6.99. The van der Waals surface area contributed by atoms with Gasteiger partial charge in [-0.05, 0) is 30.9 Å². The van der Waals surface area contributed by atoms with E-state index in [2.05, 4.69) is 5.32 Å². The number of carbonyl (C=O) groups excluding carboxylic acids is 1. The minimum Gasteiger partial charge on any atom is -0.371 e. The topological polar surface area (TPSA) is 75.7 Å². The van der Waals surface area contributed by atoms with Crippen molar-refractivity contribution in [1.29, 1.82) is 0 Å². The summed E-state index contributed by atoms with van der Waals surface area (Å²) in [6.45, 7) is 7.04. The van der Waals surface area contributed by atoms with E-state index in [1.807, 2.05) is 19.9 Å². The zero-order valence-corrected chi connectivity index (χ0v) is 15.8. The van der Waals surface area contributed by atoms with Gasteiger partial charge in [0.2, 0.25) is 15.9 Å². The Morgan fingerprint density at radius 2 is 2.04 bits per heavy atom. The minimum absolute atomic E-state index is 0.0312. The van der Waals surface area contributed by atoms with Crippen LogP contribution in [0.25, 0.3) is 0 Å². The van der Waals surface area contributed by atoms with Crippen molar-refractivity contribution < 1.29 is 17.9 Å². The Morgan fingerprint density at radius 3 is 2.72 bits per heavy atom. The summed E-state index contributed by atoms with van der Waals surface area (Å²) in [6.07, 6.45) is -0.00830. The first kappa shape index (κ1) is 18.4. The molecule has 2 fully saturated rings. The lowest BCUT2D eigenvalue weighted by Gasteiger charge is -2.32. The molecule has 1 aromatic rings. The quantitative estimate of drug-likeness (QED) is 0.858. The first-order chi connectivity index (χ1) is 11.8. The lowest BCUT2D eigenvalue weighted by Crippen LogP contribution is -2.48. The van der Waals surface area contributed by atoms with Gasteiger partial charge in [-0.25, -0.2) is 8.42 Å². The molecule has 1 aromatic carbocycles. The van der Waals surface area contributed by atoms with Crippen molar-refractivity contribution in [2.24, 2.45) is 11.8 Å². The van der Waals surface area contributed by atoms with Crippen molar-refractivity contribution in [2.45, 2.75) is 44.3 Å². The Bertz CT molecular complexity index is 747. The molecule has 25 heavy (non-hydrogen) atoms. The van der Waals surface area contributed by atoms with Gasteiger partial charge < -0.3 is 10.1 Å². The molecule has 3 rings (SSSR count). The summed E-state index contributed by atoms with van der Waals surface area (Å²) in [4.78, 5) is 12.7. The van der Waals surface area contributed by atoms with Crippen LogP contribution in [0.15, 0.2) is 29.2 Å². The van der Waals surface area contributed by atoms with Gasteiger partial charge in [0.25, 0.3) is 0 Å². The minimum atomic E-state index is -3.57. The molecule has 0 unspecified atom stereocenters. The predicted molar refractivity (Wildman–Crippen MR) is 94.6 cm³/mol. The van der Waals surface area contributed by atoms with Crippen LogP contribution < -0.4 is 5.32 Å². The maximum atomic E-state index is 13.0. The second-order valence-corrected chi connectivity index (χ2v) is 9.27. The maximum absolute atomic E-state index is 13.0. The van der Waals surface area contributed by atoms with E-state index in [0.29, 0.717) is 30.3 Å². The van der Waals surface area contributed by atoms with Gasteiger partial charge in [0.1, 0.15) is 0 Å². The van der Waals surface area contributed by atoms with Crippen LogP contribution in [0.2, 0.25) is 0 Å². The zero-order chi connectivity index (χ0) is 18.2. The van der Waals surface area contributed by atoms with Crippen molar-refractivity contribution in [3.63, 3.8) is 0 Å². The maximum Gasteiger partial charge on any atom is 0.243 e. The van der Waals surface area contributed by atoms with Crippen LogP contribution in [0.1, 0.15) is 25.8 Å². The molecule has 3 atom stereocenters. The molecule has 7 heteroatoms. The van der Waals surface area contributed by atoms with E-state index in [-0.39, 0.29) is 30.6 Å². The molecule has 2 bridgehead atoms. The molecule has 0 aromatic heterocycles. The largest absolute Gasteiger partial charge is 0.371 e. The molecule has 0 saturated carbocycles. The number of amides is 1. The average Bonchev–Trinajstić information content (AvgIpc) is 2.86. The van der Waals surface area contributed by atoms with Crippen LogP contribution in [-0.2, 0) is 19.6 Å². The highest BCUT2D eigenvalue weighted by molar-refractivity contribution is 7.89. The Morgan fingerprint density at radius 1 is 1.32 bits per heavy atom. The van der Waals surface area contributed by atoms with Crippen LogP contribution in [0, 0.1) is 18.8 Å². The standard InChI is InChI=1S/C18H26N2O4S/c1-12(2)9-19-18(21)15-8-14-10-20(11-16(15)24-14)25(22,23)17-7-5-4-6-13(17)3/h4-7,12,14-16H,8-11H2,1-3H3,(H,19,21)/t14-,15+,16-/m0/s1. The second kappa shape index (κ2) is 7.05. The summed E-state index contributed by atoms with van der Waals surface area (Å²) >= 11 is 0. The number of ether oxygens (including phenoxy) is 1. The molecule has 0 aliphatic carbocycles. The van der Waals surface area contributed by atoms with E-state index in [9.17, 15) is 13.2 Å². The molecule has 2 aliphatic rings. The fourth-order valence-corrected chi connectivity index (χ4v) is 5.23. The monoisotopic (exact) mass is 366 g/mol. The smallest absolute Gasteiger partial charge is 0.243 e. The summed E-state index contributed by atoms with van der Waals surface area (Å²) in [5, 5.41) is 2.94. The summed E-state index contributed by atoms with van der Waals surface area (Å²) in [5.74, 6) is 0.0701. The van der Waals surface area contributed by atoms with Crippen molar-refractivity contribution in [3.8, 4) is 0 Å². The van der Waals surface area contributed by atoms with E-state index in [1.54, 1.807) is 25.1 Å². The zero-order valence-electron chi connectivity index (χ0n) is 14.9. The summed E-state index contributed by atoms with van der Waals surface area (Å²) in [5.41, 5.74) is 0.729. The highest BCUT2D eigenvalue weighted by Crippen LogP contribution is 2.34. The highest BCUT2D eigenvalue weighted by Gasteiger charge is 2.47. The van der Waals surface area contributed by atoms with Gasteiger partial charge in [0, 0.05) is 19.6 Å². The fourth-order valence-electron chi connectivity index (χ4n) is 3.52. The lowest BCUT2D eigenvalue weighted by molar-refractivity contribution is -0.127. The number of nitrogens with zero attached hydrogens (tertiary/aromatic N) is 1. The van der Waals surface area contributed by atoms with Gasteiger partial charge in [-0.3, -0.25) is 4.79 Å². The highest BCUT2D eigenvalue weighted by atomic mass is 32.2. The number of rotatable bonds is 5. The molecule has 0 radical (unpaired) electrons. The van der Waals surface area contributed by atoms with Crippen molar-refractivity contribution in [2.75, 3.05) is 19.6 Å². The van der Waals surface area contributed by atoms with E-state index in [4.69, 9.17) is 4.74 Å². The molecular formula is C18H26N2O4S. The van der Waals surface area contributed by atoms with E-state index in [0.717, 1.165) is 5.56 Å². The van der Waals surface area contributed by atoms with Gasteiger partial charge in [0.15, 0.2) is 0 Å². The van der Waals surface area contributed by atoms with Crippen LogP contribution in [-0.4, -0.2) is 50.5 Å². The number of fused-ring (bicyclic) bond motifs is 2. The molecule has 138 valence electrons.